The highest BCUT2D eigenvalue weighted by Crippen LogP contribution is 2.30. The molecule has 12 heteroatoms. The standard InChI is InChI=1S/C24H20N6O5S/c1-14-3-9-19(22-21(14)17(11-25)12-26-22)29-36(34,35)18-7-4-15(5-8-18)23(32)27-28-24(33)16-6-10-20(31)30(2)13-16/h3-10,12-13,26,29H,1-2H3,(H,27,32)(H,28,33). The third-order valence-electron chi connectivity index (χ3n) is 5.47. The average molecular weight is 505 g/mol. The molecule has 0 aliphatic carbocycles. The third kappa shape index (κ3) is 4.68. The number of aromatic amines is 1. The van der Waals surface area contributed by atoms with Gasteiger partial charge in [-0.1, -0.05) is 6.07 Å². The Bertz CT molecular complexity index is 1710. The number of hydrogen-bond acceptors (Lipinski definition) is 6. The molecule has 0 saturated carbocycles. The minimum Gasteiger partial charge on any atom is -0.358 e. The molecule has 2 aromatic carbocycles. The highest BCUT2D eigenvalue weighted by molar-refractivity contribution is 7.92. The van der Waals surface area contributed by atoms with Crippen molar-refractivity contribution in [2.45, 2.75) is 11.8 Å². The van der Waals surface area contributed by atoms with Gasteiger partial charge in [0.2, 0.25) is 5.56 Å². The van der Waals surface area contributed by atoms with Gasteiger partial charge in [0, 0.05) is 36.5 Å². The van der Waals surface area contributed by atoms with Crippen molar-refractivity contribution in [2.75, 3.05) is 4.72 Å². The molecule has 11 nitrogen and oxygen atoms in total. The molecule has 0 aliphatic heterocycles. The Kier molecular flexibility index (Phi) is 6.33. The van der Waals surface area contributed by atoms with Gasteiger partial charge in [0.25, 0.3) is 21.8 Å². The van der Waals surface area contributed by atoms with E-state index in [1.54, 1.807) is 12.1 Å². The first-order valence-corrected chi connectivity index (χ1v) is 12.0. The lowest BCUT2D eigenvalue weighted by molar-refractivity contribution is 0.0846. The smallest absolute Gasteiger partial charge is 0.271 e. The van der Waals surface area contributed by atoms with E-state index in [1.807, 2.05) is 6.92 Å². The molecular formula is C24H20N6O5S. The van der Waals surface area contributed by atoms with Crippen molar-refractivity contribution >= 4 is 38.4 Å². The van der Waals surface area contributed by atoms with E-state index < -0.39 is 21.8 Å². The van der Waals surface area contributed by atoms with Gasteiger partial charge in [0.05, 0.1) is 27.2 Å². The molecule has 4 aromatic rings. The van der Waals surface area contributed by atoms with Crippen LogP contribution in [0.15, 0.2) is 70.6 Å². The number of carbonyl (C=O) groups is 2. The predicted octanol–water partition coefficient (Wildman–Crippen LogP) is 1.92. The molecule has 2 heterocycles. The summed E-state index contributed by atoms with van der Waals surface area (Å²) in [5, 5.41) is 9.92. The van der Waals surface area contributed by atoms with Gasteiger partial charge in [-0.05, 0) is 48.9 Å². The van der Waals surface area contributed by atoms with Gasteiger partial charge in [-0.3, -0.25) is 30.0 Å². The number of rotatable bonds is 5. The third-order valence-corrected chi connectivity index (χ3v) is 6.85. The number of aromatic nitrogens is 2. The molecule has 0 atom stereocenters. The minimum absolute atomic E-state index is 0.0888. The zero-order chi connectivity index (χ0) is 26.0. The van der Waals surface area contributed by atoms with Crippen molar-refractivity contribution in [1.82, 2.24) is 20.4 Å². The van der Waals surface area contributed by atoms with Gasteiger partial charge in [0.15, 0.2) is 0 Å². The first-order valence-electron chi connectivity index (χ1n) is 10.5. The first kappa shape index (κ1) is 24.2. The number of carbonyl (C=O) groups excluding carboxylic acids is 2. The van der Waals surface area contributed by atoms with Crippen molar-refractivity contribution < 1.29 is 18.0 Å². The van der Waals surface area contributed by atoms with Crippen LogP contribution in [0.3, 0.4) is 0 Å². The minimum atomic E-state index is -4.01. The van der Waals surface area contributed by atoms with Crippen LogP contribution >= 0.6 is 0 Å². The van der Waals surface area contributed by atoms with Gasteiger partial charge in [0.1, 0.15) is 6.07 Å². The van der Waals surface area contributed by atoms with Crippen LogP contribution in [0.5, 0.6) is 0 Å². The van der Waals surface area contributed by atoms with Crippen LogP contribution in [0.4, 0.5) is 5.69 Å². The van der Waals surface area contributed by atoms with E-state index in [-0.39, 0.29) is 27.3 Å². The first-order chi connectivity index (χ1) is 17.1. The van der Waals surface area contributed by atoms with E-state index in [9.17, 15) is 28.1 Å². The second kappa shape index (κ2) is 9.40. The molecule has 0 bridgehead atoms. The van der Waals surface area contributed by atoms with Gasteiger partial charge >= 0.3 is 0 Å². The number of aryl methyl sites for hydroxylation is 2. The molecule has 0 unspecified atom stereocenters. The number of nitrogens with zero attached hydrogens (tertiary/aromatic N) is 2. The summed E-state index contributed by atoms with van der Waals surface area (Å²) >= 11 is 0. The fourth-order valence-electron chi connectivity index (χ4n) is 3.57. The van der Waals surface area contributed by atoms with Crippen molar-refractivity contribution in [1.29, 1.82) is 5.26 Å². The number of hydrazine groups is 1. The summed E-state index contributed by atoms with van der Waals surface area (Å²) in [6, 6.07) is 13.1. The Balaban J connectivity index is 1.47. The lowest BCUT2D eigenvalue weighted by Crippen LogP contribution is -2.42. The van der Waals surface area contributed by atoms with E-state index in [2.05, 4.69) is 26.6 Å². The lowest BCUT2D eigenvalue weighted by atomic mass is 10.1. The van der Waals surface area contributed by atoms with Crippen LogP contribution in [-0.2, 0) is 17.1 Å². The number of H-pyrrole nitrogens is 1. The molecule has 4 N–H and O–H groups in total. The summed E-state index contributed by atoms with van der Waals surface area (Å²) in [4.78, 5) is 38.9. The molecule has 4 rings (SSSR count). The highest BCUT2D eigenvalue weighted by atomic mass is 32.2. The van der Waals surface area contributed by atoms with Gasteiger partial charge in [-0.25, -0.2) is 8.42 Å². The monoisotopic (exact) mass is 504 g/mol. The number of benzene rings is 2. The second-order valence-corrected chi connectivity index (χ2v) is 9.58. The lowest BCUT2D eigenvalue weighted by Gasteiger charge is -2.11. The largest absolute Gasteiger partial charge is 0.358 e. The fourth-order valence-corrected chi connectivity index (χ4v) is 4.64. The number of nitrogens with one attached hydrogen (secondary N) is 4. The number of sulfonamides is 1. The van der Waals surface area contributed by atoms with Crippen LogP contribution in [0.1, 0.15) is 31.8 Å². The maximum Gasteiger partial charge on any atom is 0.271 e. The van der Waals surface area contributed by atoms with Crippen molar-refractivity contribution in [3.8, 4) is 6.07 Å². The van der Waals surface area contributed by atoms with E-state index >= 15 is 0 Å². The Morgan fingerprint density at radius 3 is 2.25 bits per heavy atom. The topological polar surface area (TPSA) is 166 Å². The molecule has 0 saturated heterocycles. The Morgan fingerprint density at radius 2 is 1.61 bits per heavy atom. The number of nitriles is 1. The molecule has 2 aromatic heterocycles. The van der Waals surface area contributed by atoms with Crippen LogP contribution in [0, 0.1) is 18.3 Å². The quantitative estimate of drug-likeness (QED) is 0.303. The predicted molar refractivity (Wildman–Crippen MR) is 132 cm³/mol. The Labute approximate surface area is 205 Å². The zero-order valence-corrected chi connectivity index (χ0v) is 19.9. The summed E-state index contributed by atoms with van der Waals surface area (Å²) in [6.07, 6.45) is 2.84. The summed E-state index contributed by atoms with van der Waals surface area (Å²) < 4.78 is 29.6. The maximum atomic E-state index is 12.9. The van der Waals surface area contributed by atoms with Gasteiger partial charge < -0.3 is 9.55 Å². The molecule has 182 valence electrons. The van der Waals surface area contributed by atoms with Crippen LogP contribution in [0.25, 0.3) is 10.9 Å². The number of fused-ring (bicyclic) bond motifs is 1. The van der Waals surface area contributed by atoms with E-state index in [0.717, 1.165) is 5.56 Å². The highest BCUT2D eigenvalue weighted by Gasteiger charge is 2.19. The molecule has 0 aliphatic rings. The summed E-state index contributed by atoms with van der Waals surface area (Å²) in [5.74, 6) is -1.30. The number of hydrogen-bond donors (Lipinski definition) is 4. The second-order valence-electron chi connectivity index (χ2n) is 7.90. The van der Waals surface area contributed by atoms with Crippen LogP contribution in [-0.4, -0.2) is 29.8 Å². The summed E-state index contributed by atoms with van der Waals surface area (Å²) in [6.45, 7) is 1.82. The maximum absolute atomic E-state index is 12.9. The SMILES string of the molecule is Cc1ccc(NS(=O)(=O)c2ccc(C(=O)NNC(=O)c3ccc(=O)n(C)c3)cc2)c2[nH]cc(C#N)c12. The van der Waals surface area contributed by atoms with Crippen LogP contribution in [0.2, 0.25) is 0 Å². The molecular weight excluding hydrogens is 484 g/mol. The fraction of sp³-hybridized carbons (Fsp3) is 0.0833. The van der Waals surface area contributed by atoms with Gasteiger partial charge in [-0.15, -0.1) is 0 Å². The van der Waals surface area contributed by atoms with Gasteiger partial charge in [-0.2, -0.15) is 5.26 Å². The van der Waals surface area contributed by atoms with E-state index in [0.29, 0.717) is 16.5 Å². The van der Waals surface area contributed by atoms with E-state index in [1.165, 1.54) is 60.4 Å². The van der Waals surface area contributed by atoms with Crippen molar-refractivity contribution in [3.63, 3.8) is 0 Å². The van der Waals surface area contributed by atoms with Crippen molar-refractivity contribution in [3.05, 3.63) is 93.5 Å². The van der Waals surface area contributed by atoms with E-state index in [4.69, 9.17) is 0 Å². The normalized spacial score (nSPS) is 11.0. The summed E-state index contributed by atoms with van der Waals surface area (Å²) in [7, 11) is -2.52. The number of anilines is 1. The number of pyridine rings is 1. The Morgan fingerprint density at radius 1 is 0.972 bits per heavy atom. The van der Waals surface area contributed by atoms with Crippen LogP contribution < -0.4 is 21.1 Å². The average Bonchev–Trinajstić information content (AvgIpc) is 3.31. The number of amides is 2. The Hall–Kier alpha value is -4.89. The van der Waals surface area contributed by atoms with Crippen molar-refractivity contribution in [2.24, 2.45) is 7.05 Å². The summed E-state index contributed by atoms with van der Waals surface area (Å²) in [5.41, 5.74) is 6.46. The molecule has 0 radical (unpaired) electrons. The zero-order valence-electron chi connectivity index (χ0n) is 19.1. The molecule has 2 amide bonds. The molecule has 0 spiro atoms. The molecule has 36 heavy (non-hydrogen) atoms. The molecule has 0 fully saturated rings.